The Morgan fingerprint density at radius 1 is 1.08 bits per heavy atom. The number of carbonyl (C=O) groups excluding carboxylic acids is 1. The Morgan fingerprint density at radius 3 is 2.21 bits per heavy atom. The Hall–Kier alpha value is -2.56. The van der Waals surface area contributed by atoms with Crippen molar-refractivity contribution in [1.29, 1.82) is 0 Å². The molecule has 124 valence electrons. The molecule has 4 nitrogen and oxygen atoms in total. The number of Topliss-reactive ketones (excluding diaryl/α,β-unsaturated/α-hetero) is 1. The molecule has 1 N–H and O–H groups in total. The Labute approximate surface area is 138 Å². The molecule has 0 spiro atoms. The van der Waals surface area contributed by atoms with Crippen molar-refractivity contribution in [2.75, 3.05) is 6.54 Å². The number of hydrogen-bond donors (Lipinski definition) is 1. The van der Waals surface area contributed by atoms with E-state index < -0.39 is 26.6 Å². The molecule has 0 aliphatic rings. The molecule has 0 aromatic heterocycles. The third-order valence-electron chi connectivity index (χ3n) is 3.06. The third kappa shape index (κ3) is 4.25. The number of halogens is 2. The standard InChI is InChI=1S/C17H13F2NO3S/c1-12(21)14-9-7-13(8-10-14)4-3-11-20-24(22,23)17-15(18)5-2-6-16(17)19/h2,5-10,20H,11H2,1H3. The van der Waals surface area contributed by atoms with Crippen LogP contribution in [-0.4, -0.2) is 20.7 Å². The van der Waals surface area contributed by atoms with E-state index in [9.17, 15) is 22.0 Å². The number of carbonyl (C=O) groups is 1. The summed E-state index contributed by atoms with van der Waals surface area (Å²) in [6, 6.07) is 9.24. The van der Waals surface area contributed by atoms with Crippen LogP contribution in [0.1, 0.15) is 22.8 Å². The average molecular weight is 349 g/mol. The maximum Gasteiger partial charge on any atom is 0.247 e. The lowest BCUT2D eigenvalue weighted by Gasteiger charge is -2.05. The van der Waals surface area contributed by atoms with Gasteiger partial charge in [0.25, 0.3) is 0 Å². The van der Waals surface area contributed by atoms with E-state index in [2.05, 4.69) is 11.8 Å². The summed E-state index contributed by atoms with van der Waals surface area (Å²) in [6.45, 7) is 1.13. The third-order valence-corrected chi connectivity index (χ3v) is 4.51. The van der Waals surface area contributed by atoms with Crippen molar-refractivity contribution in [3.05, 3.63) is 65.2 Å². The normalized spacial score (nSPS) is 10.8. The predicted molar refractivity (Wildman–Crippen MR) is 84.9 cm³/mol. The van der Waals surface area contributed by atoms with Crippen molar-refractivity contribution in [2.24, 2.45) is 0 Å². The fourth-order valence-corrected chi connectivity index (χ4v) is 2.93. The maximum absolute atomic E-state index is 13.5. The van der Waals surface area contributed by atoms with E-state index in [1.54, 1.807) is 24.3 Å². The highest BCUT2D eigenvalue weighted by atomic mass is 32.2. The van der Waals surface area contributed by atoms with E-state index >= 15 is 0 Å². The molecule has 2 rings (SSSR count). The summed E-state index contributed by atoms with van der Waals surface area (Å²) in [6.07, 6.45) is 0. The van der Waals surface area contributed by atoms with Gasteiger partial charge in [-0.3, -0.25) is 4.79 Å². The van der Waals surface area contributed by atoms with Crippen LogP contribution in [0.3, 0.4) is 0 Å². The number of sulfonamides is 1. The zero-order valence-corrected chi connectivity index (χ0v) is 13.5. The molecule has 24 heavy (non-hydrogen) atoms. The molecule has 7 heteroatoms. The van der Waals surface area contributed by atoms with Crippen LogP contribution in [0.4, 0.5) is 8.78 Å². The van der Waals surface area contributed by atoms with Crippen LogP contribution in [0, 0.1) is 23.5 Å². The second-order valence-electron chi connectivity index (χ2n) is 4.81. The summed E-state index contributed by atoms with van der Waals surface area (Å²) in [5, 5.41) is 0. The van der Waals surface area contributed by atoms with Gasteiger partial charge in [0.05, 0.1) is 6.54 Å². The molecule has 0 atom stereocenters. The second kappa shape index (κ2) is 7.34. The van der Waals surface area contributed by atoms with E-state index in [-0.39, 0.29) is 12.3 Å². The molecule has 2 aromatic carbocycles. The van der Waals surface area contributed by atoms with Crippen molar-refractivity contribution < 1.29 is 22.0 Å². The molecule has 0 aliphatic carbocycles. The quantitative estimate of drug-likeness (QED) is 0.681. The van der Waals surface area contributed by atoms with Gasteiger partial charge < -0.3 is 0 Å². The Morgan fingerprint density at radius 2 is 1.67 bits per heavy atom. The highest BCUT2D eigenvalue weighted by Crippen LogP contribution is 2.17. The summed E-state index contributed by atoms with van der Waals surface area (Å²) in [5.74, 6) is 2.82. The molecule has 0 radical (unpaired) electrons. The van der Waals surface area contributed by atoms with Gasteiger partial charge in [0, 0.05) is 11.1 Å². The Balaban J connectivity index is 2.08. The van der Waals surface area contributed by atoms with Gasteiger partial charge in [-0.25, -0.2) is 17.2 Å². The van der Waals surface area contributed by atoms with Gasteiger partial charge in [-0.2, -0.15) is 4.72 Å². The lowest BCUT2D eigenvalue weighted by Crippen LogP contribution is -2.26. The van der Waals surface area contributed by atoms with Crippen molar-refractivity contribution in [3.8, 4) is 11.8 Å². The number of hydrogen-bond acceptors (Lipinski definition) is 3. The number of benzene rings is 2. The molecule has 0 bridgehead atoms. The first-order valence-corrected chi connectivity index (χ1v) is 8.33. The van der Waals surface area contributed by atoms with Gasteiger partial charge in [0.2, 0.25) is 10.0 Å². The van der Waals surface area contributed by atoms with Crippen LogP contribution in [0.2, 0.25) is 0 Å². The van der Waals surface area contributed by atoms with Crippen LogP contribution < -0.4 is 4.72 Å². The zero-order chi connectivity index (χ0) is 17.7. The minimum Gasteiger partial charge on any atom is -0.295 e. The van der Waals surface area contributed by atoms with Crippen LogP contribution in [0.15, 0.2) is 47.4 Å². The van der Waals surface area contributed by atoms with Gasteiger partial charge in [-0.05, 0) is 31.2 Å². The van der Waals surface area contributed by atoms with E-state index in [1.165, 1.54) is 6.92 Å². The van der Waals surface area contributed by atoms with Gasteiger partial charge in [-0.15, -0.1) is 0 Å². The molecule has 0 unspecified atom stereocenters. The van der Waals surface area contributed by atoms with Crippen molar-refractivity contribution in [2.45, 2.75) is 11.8 Å². The Kier molecular flexibility index (Phi) is 5.44. The monoisotopic (exact) mass is 349 g/mol. The number of rotatable bonds is 4. The molecule has 0 saturated heterocycles. The summed E-state index contributed by atoms with van der Waals surface area (Å²) < 4.78 is 52.8. The Bertz CT molecular complexity index is 906. The summed E-state index contributed by atoms with van der Waals surface area (Å²) in [4.78, 5) is 10.1. The lowest BCUT2D eigenvalue weighted by atomic mass is 10.1. The molecule has 0 fully saturated rings. The fraction of sp³-hybridized carbons (Fsp3) is 0.118. The molecular weight excluding hydrogens is 336 g/mol. The molecule has 0 saturated carbocycles. The first-order valence-electron chi connectivity index (χ1n) is 6.85. The van der Waals surface area contributed by atoms with Crippen LogP contribution in [0.25, 0.3) is 0 Å². The summed E-state index contributed by atoms with van der Waals surface area (Å²) in [5.41, 5.74) is 1.12. The summed E-state index contributed by atoms with van der Waals surface area (Å²) >= 11 is 0. The topological polar surface area (TPSA) is 63.2 Å². The molecule has 0 aliphatic heterocycles. The van der Waals surface area contributed by atoms with Gasteiger partial charge >= 0.3 is 0 Å². The first-order chi connectivity index (χ1) is 11.3. The largest absolute Gasteiger partial charge is 0.295 e. The van der Waals surface area contributed by atoms with E-state index in [1.807, 2.05) is 4.72 Å². The van der Waals surface area contributed by atoms with Gasteiger partial charge in [-0.1, -0.05) is 30.0 Å². The van der Waals surface area contributed by atoms with Crippen molar-refractivity contribution >= 4 is 15.8 Å². The van der Waals surface area contributed by atoms with E-state index in [0.717, 1.165) is 18.2 Å². The van der Waals surface area contributed by atoms with Crippen molar-refractivity contribution in [1.82, 2.24) is 4.72 Å². The van der Waals surface area contributed by atoms with E-state index in [4.69, 9.17) is 0 Å². The minimum absolute atomic E-state index is 0.0748. The molecule has 2 aromatic rings. The smallest absolute Gasteiger partial charge is 0.247 e. The van der Waals surface area contributed by atoms with Gasteiger partial charge in [0.1, 0.15) is 11.6 Å². The lowest BCUT2D eigenvalue weighted by molar-refractivity contribution is 0.101. The average Bonchev–Trinajstić information content (AvgIpc) is 2.51. The first kappa shape index (κ1) is 17.8. The number of nitrogens with one attached hydrogen (secondary N) is 1. The fourth-order valence-electron chi connectivity index (χ4n) is 1.88. The second-order valence-corrected chi connectivity index (χ2v) is 6.51. The SMILES string of the molecule is CC(=O)c1ccc(C#CCNS(=O)(=O)c2c(F)cccc2F)cc1. The van der Waals surface area contributed by atoms with Crippen LogP contribution in [-0.2, 0) is 10.0 Å². The molecular formula is C17H13F2NO3S. The summed E-state index contributed by atoms with van der Waals surface area (Å²) in [7, 11) is -4.34. The molecule has 0 heterocycles. The molecule has 0 amide bonds. The predicted octanol–water partition coefficient (Wildman–Crippen LogP) is 2.50. The maximum atomic E-state index is 13.5. The highest BCUT2D eigenvalue weighted by molar-refractivity contribution is 7.89. The van der Waals surface area contributed by atoms with Crippen LogP contribution in [0.5, 0.6) is 0 Å². The number of ketones is 1. The zero-order valence-electron chi connectivity index (χ0n) is 12.6. The highest BCUT2D eigenvalue weighted by Gasteiger charge is 2.22. The van der Waals surface area contributed by atoms with Crippen LogP contribution >= 0.6 is 0 Å². The van der Waals surface area contributed by atoms with Crippen molar-refractivity contribution in [3.63, 3.8) is 0 Å². The minimum atomic E-state index is -4.34. The van der Waals surface area contributed by atoms with E-state index in [0.29, 0.717) is 11.1 Å². The van der Waals surface area contributed by atoms with Gasteiger partial charge in [0.15, 0.2) is 10.7 Å².